The molecule has 0 spiro atoms. The number of nitrogens with zero attached hydrogens (tertiary/aromatic N) is 3. The number of nitrogens with two attached hydrogens (primary N) is 1. The Hall–Kier alpha value is -2.95. The maximum Gasteiger partial charge on any atom is 0.225 e. The van der Waals surface area contributed by atoms with E-state index in [2.05, 4.69) is 15.0 Å². The molecule has 1 aromatic carbocycles. The van der Waals surface area contributed by atoms with E-state index < -0.39 is 0 Å². The van der Waals surface area contributed by atoms with Gasteiger partial charge in [-0.2, -0.15) is 4.98 Å². The van der Waals surface area contributed by atoms with Gasteiger partial charge in [-0.15, -0.1) is 0 Å². The largest absolute Gasteiger partial charge is 0.437 e. The number of aromatic nitrogens is 3. The number of nitrogen functional groups attached to an aromatic ring is 1. The minimum atomic E-state index is 0.360. The maximum absolute atomic E-state index is 5.83. The molecule has 0 aliphatic carbocycles. The van der Waals surface area contributed by atoms with Gasteiger partial charge in [-0.25, -0.2) is 4.98 Å². The molecule has 0 unspecified atom stereocenters. The number of pyridine rings is 1. The first-order chi connectivity index (χ1) is 10.2. The Morgan fingerprint density at radius 1 is 1.00 bits per heavy atom. The number of rotatable bonds is 3. The molecule has 5 heteroatoms. The third kappa shape index (κ3) is 3.14. The summed E-state index contributed by atoms with van der Waals surface area (Å²) in [5, 5.41) is 0. The molecule has 0 saturated heterocycles. The molecular formula is C16H14N4O. The van der Waals surface area contributed by atoms with E-state index in [0.717, 1.165) is 11.3 Å². The molecule has 5 nitrogen and oxygen atoms in total. The molecule has 3 aromatic rings. The Morgan fingerprint density at radius 2 is 1.81 bits per heavy atom. The maximum atomic E-state index is 5.83. The zero-order valence-electron chi connectivity index (χ0n) is 11.5. The van der Waals surface area contributed by atoms with E-state index in [1.165, 1.54) is 0 Å². The van der Waals surface area contributed by atoms with Gasteiger partial charge >= 0.3 is 0 Å². The van der Waals surface area contributed by atoms with Crippen LogP contribution in [0, 0.1) is 6.92 Å². The summed E-state index contributed by atoms with van der Waals surface area (Å²) in [6.45, 7) is 1.92. The van der Waals surface area contributed by atoms with Crippen molar-refractivity contribution >= 4 is 5.82 Å². The fraction of sp³-hybridized carbons (Fsp3) is 0.0625. The average Bonchev–Trinajstić information content (AvgIpc) is 2.50. The minimum Gasteiger partial charge on any atom is -0.437 e. The fourth-order valence-electron chi connectivity index (χ4n) is 1.85. The molecule has 0 aliphatic rings. The molecule has 0 bridgehead atoms. The smallest absolute Gasteiger partial charge is 0.225 e. The summed E-state index contributed by atoms with van der Waals surface area (Å²) in [5.74, 6) is 1.90. The Kier molecular flexibility index (Phi) is 3.47. The molecule has 2 aromatic heterocycles. The number of hydrogen-bond acceptors (Lipinski definition) is 5. The van der Waals surface area contributed by atoms with E-state index >= 15 is 0 Å². The van der Waals surface area contributed by atoms with Crippen molar-refractivity contribution in [3.05, 3.63) is 60.4 Å². The summed E-state index contributed by atoms with van der Waals surface area (Å²) >= 11 is 0. The van der Waals surface area contributed by atoms with E-state index in [0.29, 0.717) is 23.3 Å². The number of anilines is 1. The minimum absolute atomic E-state index is 0.360. The van der Waals surface area contributed by atoms with Crippen molar-refractivity contribution < 1.29 is 4.74 Å². The van der Waals surface area contributed by atoms with Crippen molar-refractivity contribution in [2.24, 2.45) is 0 Å². The van der Waals surface area contributed by atoms with Crippen LogP contribution >= 0.6 is 0 Å². The Labute approximate surface area is 122 Å². The molecule has 0 saturated carbocycles. The molecule has 3 rings (SSSR count). The summed E-state index contributed by atoms with van der Waals surface area (Å²) in [5.41, 5.74) is 7.64. The second kappa shape index (κ2) is 5.58. The lowest BCUT2D eigenvalue weighted by molar-refractivity contribution is 0.460. The predicted octanol–water partition coefficient (Wildman–Crippen LogP) is 3.22. The van der Waals surface area contributed by atoms with Crippen molar-refractivity contribution in [1.29, 1.82) is 0 Å². The summed E-state index contributed by atoms with van der Waals surface area (Å²) < 4.78 is 5.68. The predicted molar refractivity (Wildman–Crippen MR) is 80.9 cm³/mol. The van der Waals surface area contributed by atoms with Gasteiger partial charge in [0.1, 0.15) is 11.6 Å². The first-order valence-electron chi connectivity index (χ1n) is 6.51. The van der Waals surface area contributed by atoms with Crippen LogP contribution in [0.5, 0.6) is 11.6 Å². The number of aryl methyl sites for hydroxylation is 1. The van der Waals surface area contributed by atoms with Crippen LogP contribution in [-0.2, 0) is 0 Å². The van der Waals surface area contributed by atoms with Crippen molar-refractivity contribution in [2.75, 3.05) is 5.73 Å². The molecule has 0 fully saturated rings. The Balaban J connectivity index is 1.93. The van der Waals surface area contributed by atoms with Crippen LogP contribution in [0.1, 0.15) is 5.69 Å². The van der Waals surface area contributed by atoms with Gasteiger partial charge in [0.05, 0.1) is 6.20 Å². The van der Waals surface area contributed by atoms with E-state index in [9.17, 15) is 0 Å². The van der Waals surface area contributed by atoms with Crippen LogP contribution in [0.4, 0.5) is 5.82 Å². The molecular weight excluding hydrogens is 264 g/mol. The van der Waals surface area contributed by atoms with E-state index in [1.807, 2.05) is 49.4 Å². The van der Waals surface area contributed by atoms with Crippen molar-refractivity contribution in [2.45, 2.75) is 6.92 Å². The van der Waals surface area contributed by atoms with Gasteiger partial charge in [-0.05, 0) is 19.1 Å². The topological polar surface area (TPSA) is 73.9 Å². The quantitative estimate of drug-likeness (QED) is 0.796. The fourth-order valence-corrected chi connectivity index (χ4v) is 1.85. The lowest BCUT2D eigenvalue weighted by Crippen LogP contribution is -1.98. The number of benzene rings is 1. The Bertz CT molecular complexity index is 742. The normalized spacial score (nSPS) is 10.3. The highest BCUT2D eigenvalue weighted by atomic mass is 16.5. The van der Waals surface area contributed by atoms with Crippen LogP contribution in [0.25, 0.3) is 11.4 Å². The highest BCUT2D eigenvalue weighted by Gasteiger charge is 2.07. The van der Waals surface area contributed by atoms with Crippen LogP contribution in [-0.4, -0.2) is 15.0 Å². The van der Waals surface area contributed by atoms with E-state index in [1.54, 1.807) is 12.3 Å². The zero-order chi connectivity index (χ0) is 14.7. The summed E-state index contributed by atoms with van der Waals surface area (Å²) in [4.78, 5) is 12.8. The third-order valence-electron chi connectivity index (χ3n) is 2.86. The van der Waals surface area contributed by atoms with Crippen LogP contribution in [0.2, 0.25) is 0 Å². The lowest BCUT2D eigenvalue weighted by atomic mass is 10.2. The van der Waals surface area contributed by atoms with Crippen molar-refractivity contribution in [3.8, 4) is 23.0 Å². The summed E-state index contributed by atoms with van der Waals surface area (Å²) in [7, 11) is 0. The van der Waals surface area contributed by atoms with Gasteiger partial charge in [0.2, 0.25) is 5.88 Å². The SMILES string of the molecule is Cc1ccc(Oc2cc(N)nc(-c3ccccc3)n2)cn1. The molecule has 0 aliphatic heterocycles. The molecule has 2 N–H and O–H groups in total. The summed E-state index contributed by atoms with van der Waals surface area (Å²) in [6.07, 6.45) is 1.65. The molecule has 104 valence electrons. The molecule has 0 radical (unpaired) electrons. The second-order valence-corrected chi connectivity index (χ2v) is 4.56. The first kappa shape index (κ1) is 13.1. The van der Waals surface area contributed by atoms with Gasteiger partial charge in [-0.3, -0.25) is 4.98 Å². The Morgan fingerprint density at radius 3 is 2.52 bits per heavy atom. The molecule has 0 amide bonds. The zero-order valence-corrected chi connectivity index (χ0v) is 11.5. The van der Waals surface area contributed by atoms with Gasteiger partial charge in [0.25, 0.3) is 0 Å². The highest BCUT2D eigenvalue weighted by Crippen LogP contribution is 2.23. The van der Waals surface area contributed by atoms with Crippen LogP contribution in [0.15, 0.2) is 54.7 Å². The molecule has 0 atom stereocenters. The lowest BCUT2D eigenvalue weighted by Gasteiger charge is -2.07. The standard InChI is InChI=1S/C16H14N4O/c1-11-7-8-13(10-18-11)21-15-9-14(17)19-16(20-15)12-5-3-2-4-6-12/h2-10H,1H3,(H2,17,19,20). The average molecular weight is 278 g/mol. The second-order valence-electron chi connectivity index (χ2n) is 4.56. The van der Waals surface area contributed by atoms with E-state index in [-0.39, 0.29) is 0 Å². The van der Waals surface area contributed by atoms with E-state index in [4.69, 9.17) is 10.5 Å². The van der Waals surface area contributed by atoms with Crippen molar-refractivity contribution in [1.82, 2.24) is 15.0 Å². The number of hydrogen-bond donors (Lipinski definition) is 1. The van der Waals surface area contributed by atoms with Gasteiger partial charge in [-0.1, -0.05) is 30.3 Å². The van der Waals surface area contributed by atoms with Crippen LogP contribution < -0.4 is 10.5 Å². The monoisotopic (exact) mass is 278 g/mol. The highest BCUT2D eigenvalue weighted by molar-refractivity contribution is 5.57. The van der Waals surface area contributed by atoms with Gasteiger partial charge in [0, 0.05) is 17.3 Å². The molecule has 2 heterocycles. The van der Waals surface area contributed by atoms with Crippen molar-refractivity contribution in [3.63, 3.8) is 0 Å². The van der Waals surface area contributed by atoms with Gasteiger partial charge < -0.3 is 10.5 Å². The van der Waals surface area contributed by atoms with Crippen LogP contribution in [0.3, 0.4) is 0 Å². The first-order valence-corrected chi connectivity index (χ1v) is 6.51. The van der Waals surface area contributed by atoms with Gasteiger partial charge in [0.15, 0.2) is 5.82 Å². The molecule has 21 heavy (non-hydrogen) atoms. The third-order valence-corrected chi connectivity index (χ3v) is 2.86. The summed E-state index contributed by atoms with van der Waals surface area (Å²) in [6, 6.07) is 14.9. The number of ether oxygens (including phenoxy) is 1.